The van der Waals surface area contributed by atoms with E-state index in [1.54, 1.807) is 7.11 Å². The first-order valence-electron chi connectivity index (χ1n) is 5.35. The third kappa shape index (κ3) is 4.25. The molecular formula is C12H16BrN3O. The Morgan fingerprint density at radius 1 is 1.47 bits per heavy atom. The molecule has 0 aliphatic rings. The third-order valence-corrected chi connectivity index (χ3v) is 2.89. The average molecular weight is 298 g/mol. The lowest BCUT2D eigenvalue weighted by atomic mass is 10.2. The summed E-state index contributed by atoms with van der Waals surface area (Å²) in [4.78, 5) is 2.06. The predicted octanol–water partition coefficient (Wildman–Crippen LogP) is 2.40. The van der Waals surface area contributed by atoms with Crippen molar-refractivity contribution in [3.8, 4) is 6.07 Å². The normalized spacial score (nSPS) is 9.94. The quantitative estimate of drug-likeness (QED) is 0.819. The zero-order valence-electron chi connectivity index (χ0n) is 9.82. The fourth-order valence-electron chi connectivity index (χ4n) is 1.53. The maximum absolute atomic E-state index is 8.66. The van der Waals surface area contributed by atoms with Crippen molar-refractivity contribution < 1.29 is 4.74 Å². The van der Waals surface area contributed by atoms with Crippen LogP contribution in [0.4, 0.5) is 11.4 Å². The highest BCUT2D eigenvalue weighted by Gasteiger charge is 2.09. The monoisotopic (exact) mass is 297 g/mol. The summed E-state index contributed by atoms with van der Waals surface area (Å²) in [6, 6.07) is 7.86. The summed E-state index contributed by atoms with van der Waals surface area (Å²) < 4.78 is 6.04. The molecule has 1 aromatic carbocycles. The van der Waals surface area contributed by atoms with Gasteiger partial charge >= 0.3 is 0 Å². The Morgan fingerprint density at radius 2 is 2.24 bits per heavy atom. The predicted molar refractivity (Wildman–Crippen MR) is 72.9 cm³/mol. The van der Waals surface area contributed by atoms with E-state index in [2.05, 4.69) is 26.9 Å². The number of anilines is 2. The van der Waals surface area contributed by atoms with Crippen LogP contribution < -0.4 is 10.6 Å². The van der Waals surface area contributed by atoms with E-state index in [1.807, 2.05) is 18.2 Å². The topological polar surface area (TPSA) is 62.3 Å². The Bertz CT molecular complexity index is 403. The minimum Gasteiger partial charge on any atom is -0.397 e. The second kappa shape index (κ2) is 7.15. The van der Waals surface area contributed by atoms with Gasteiger partial charge in [0.2, 0.25) is 0 Å². The van der Waals surface area contributed by atoms with E-state index in [0.29, 0.717) is 25.3 Å². The molecule has 5 heteroatoms. The summed E-state index contributed by atoms with van der Waals surface area (Å²) in [6.45, 7) is 1.98. The van der Waals surface area contributed by atoms with Crippen LogP contribution in [0.3, 0.4) is 0 Å². The largest absolute Gasteiger partial charge is 0.397 e. The molecule has 2 N–H and O–H groups in total. The number of nitrogens with zero attached hydrogens (tertiary/aromatic N) is 2. The number of methoxy groups -OCH3 is 1. The average Bonchev–Trinajstić information content (AvgIpc) is 2.33. The number of nitriles is 1. The Hall–Kier alpha value is -1.25. The van der Waals surface area contributed by atoms with Gasteiger partial charge in [-0.25, -0.2) is 0 Å². The summed E-state index contributed by atoms with van der Waals surface area (Å²) >= 11 is 3.42. The smallest absolute Gasteiger partial charge is 0.0640 e. The van der Waals surface area contributed by atoms with E-state index >= 15 is 0 Å². The van der Waals surface area contributed by atoms with Gasteiger partial charge in [-0.2, -0.15) is 5.26 Å². The molecule has 4 nitrogen and oxygen atoms in total. The van der Waals surface area contributed by atoms with Gasteiger partial charge in [0.1, 0.15) is 0 Å². The van der Waals surface area contributed by atoms with Crippen LogP contribution in [0.5, 0.6) is 0 Å². The summed E-state index contributed by atoms with van der Waals surface area (Å²) in [6.07, 6.45) is 0.468. The highest BCUT2D eigenvalue weighted by molar-refractivity contribution is 9.10. The molecule has 0 aromatic heterocycles. The first kappa shape index (κ1) is 13.8. The van der Waals surface area contributed by atoms with Gasteiger partial charge in [0.05, 0.1) is 30.5 Å². The summed E-state index contributed by atoms with van der Waals surface area (Å²) in [5.41, 5.74) is 7.59. The standard InChI is InChI=1S/C12H16BrN3O/c1-17-8-7-16(6-2-5-14)12-9-10(13)3-4-11(12)15/h3-4,9H,2,6-8,15H2,1H3. The van der Waals surface area contributed by atoms with Gasteiger partial charge in [-0.3, -0.25) is 0 Å². The van der Waals surface area contributed by atoms with Gasteiger partial charge in [0, 0.05) is 24.7 Å². The van der Waals surface area contributed by atoms with Gasteiger partial charge < -0.3 is 15.4 Å². The van der Waals surface area contributed by atoms with Crippen molar-refractivity contribution in [1.29, 1.82) is 5.26 Å². The van der Waals surface area contributed by atoms with E-state index in [0.717, 1.165) is 16.7 Å². The van der Waals surface area contributed by atoms with Gasteiger partial charge in [0.25, 0.3) is 0 Å². The third-order valence-electron chi connectivity index (χ3n) is 2.39. The Labute approximate surface area is 110 Å². The Morgan fingerprint density at radius 3 is 2.88 bits per heavy atom. The zero-order valence-corrected chi connectivity index (χ0v) is 11.4. The van der Waals surface area contributed by atoms with Gasteiger partial charge in [-0.15, -0.1) is 0 Å². The molecule has 1 rings (SSSR count). The fraction of sp³-hybridized carbons (Fsp3) is 0.417. The number of ether oxygens (including phenoxy) is 1. The molecule has 0 aliphatic heterocycles. The molecule has 0 spiro atoms. The number of nitrogen functional groups attached to an aromatic ring is 1. The lowest BCUT2D eigenvalue weighted by Gasteiger charge is -2.25. The second-order valence-corrected chi connectivity index (χ2v) is 4.51. The summed E-state index contributed by atoms with van der Waals surface area (Å²) in [5, 5.41) is 8.66. The van der Waals surface area contributed by atoms with E-state index < -0.39 is 0 Å². The molecule has 0 unspecified atom stereocenters. The Balaban J connectivity index is 2.86. The fourth-order valence-corrected chi connectivity index (χ4v) is 1.88. The van der Waals surface area contributed by atoms with Crippen LogP contribution in [0.2, 0.25) is 0 Å². The van der Waals surface area contributed by atoms with Crippen LogP contribution in [0.15, 0.2) is 22.7 Å². The molecule has 0 atom stereocenters. The molecule has 0 bridgehead atoms. The maximum Gasteiger partial charge on any atom is 0.0640 e. The molecule has 0 aliphatic carbocycles. The van der Waals surface area contributed by atoms with Gasteiger partial charge in [-0.1, -0.05) is 15.9 Å². The second-order valence-electron chi connectivity index (χ2n) is 3.59. The van der Waals surface area contributed by atoms with Crippen molar-refractivity contribution in [3.05, 3.63) is 22.7 Å². The van der Waals surface area contributed by atoms with Crippen molar-refractivity contribution in [1.82, 2.24) is 0 Å². The highest BCUT2D eigenvalue weighted by atomic mass is 79.9. The molecule has 0 amide bonds. The first-order chi connectivity index (χ1) is 8.19. The lowest BCUT2D eigenvalue weighted by molar-refractivity contribution is 0.205. The first-order valence-corrected chi connectivity index (χ1v) is 6.14. The van der Waals surface area contributed by atoms with Gasteiger partial charge in [0.15, 0.2) is 0 Å². The molecule has 0 fully saturated rings. The lowest BCUT2D eigenvalue weighted by Crippen LogP contribution is -2.28. The molecule has 0 radical (unpaired) electrons. The van der Waals surface area contributed by atoms with E-state index in [9.17, 15) is 0 Å². The highest BCUT2D eigenvalue weighted by Crippen LogP contribution is 2.27. The van der Waals surface area contributed by atoms with Crippen molar-refractivity contribution >= 4 is 27.3 Å². The summed E-state index contributed by atoms with van der Waals surface area (Å²) in [7, 11) is 1.66. The van der Waals surface area contributed by atoms with Gasteiger partial charge in [-0.05, 0) is 18.2 Å². The SMILES string of the molecule is COCCN(CCC#N)c1cc(Br)ccc1N. The number of hydrogen-bond donors (Lipinski definition) is 1. The number of hydrogen-bond acceptors (Lipinski definition) is 4. The molecule has 0 saturated carbocycles. The van der Waals surface area contributed by atoms with Crippen LogP contribution in [0.25, 0.3) is 0 Å². The molecule has 0 saturated heterocycles. The van der Waals surface area contributed by atoms with Crippen LogP contribution >= 0.6 is 15.9 Å². The van der Waals surface area contributed by atoms with E-state index in [-0.39, 0.29) is 0 Å². The zero-order chi connectivity index (χ0) is 12.7. The van der Waals surface area contributed by atoms with Crippen LogP contribution in [-0.4, -0.2) is 26.8 Å². The Kier molecular flexibility index (Phi) is 5.81. The summed E-state index contributed by atoms with van der Waals surface area (Å²) in [5.74, 6) is 0. The molecule has 1 aromatic rings. The van der Waals surface area contributed by atoms with E-state index in [4.69, 9.17) is 15.7 Å². The van der Waals surface area contributed by atoms with E-state index in [1.165, 1.54) is 0 Å². The van der Waals surface area contributed by atoms with Crippen LogP contribution in [0, 0.1) is 11.3 Å². The molecular weight excluding hydrogens is 282 g/mol. The van der Waals surface area contributed by atoms with Crippen molar-refractivity contribution in [2.75, 3.05) is 37.4 Å². The van der Waals surface area contributed by atoms with Crippen molar-refractivity contribution in [3.63, 3.8) is 0 Å². The maximum atomic E-state index is 8.66. The molecule has 17 heavy (non-hydrogen) atoms. The van der Waals surface area contributed by atoms with Crippen LogP contribution in [-0.2, 0) is 4.74 Å². The number of rotatable bonds is 6. The van der Waals surface area contributed by atoms with Crippen molar-refractivity contribution in [2.24, 2.45) is 0 Å². The van der Waals surface area contributed by atoms with Crippen LogP contribution in [0.1, 0.15) is 6.42 Å². The minimum atomic E-state index is 0.468. The number of benzene rings is 1. The molecule has 0 heterocycles. The number of nitrogens with two attached hydrogens (primary N) is 1. The molecule has 92 valence electrons. The minimum absolute atomic E-state index is 0.468. The number of halogens is 1. The van der Waals surface area contributed by atoms with Crippen molar-refractivity contribution in [2.45, 2.75) is 6.42 Å².